The molecule has 9 nitrogen and oxygen atoms in total. The number of nitrogens with zero attached hydrogens (tertiary/aromatic N) is 4. The third kappa shape index (κ3) is 6.30. The number of likely N-dealkylation sites (N-methyl/N-ethyl adjacent to an activating group) is 1. The minimum atomic E-state index is -4.56. The first kappa shape index (κ1) is 26.7. The number of hydrogen-bond acceptors (Lipinski definition) is 6. The van der Waals surface area contributed by atoms with Gasteiger partial charge in [-0.3, -0.25) is 4.79 Å². The zero-order valence-corrected chi connectivity index (χ0v) is 20.7. The molecule has 3 heterocycles. The number of anilines is 1. The number of aliphatic hydroxyl groups is 1. The zero-order valence-electron chi connectivity index (χ0n) is 20.7. The van der Waals surface area contributed by atoms with Crippen LogP contribution in [-0.2, 0) is 17.4 Å². The molecule has 0 radical (unpaired) electrons. The fraction of sp³-hybridized carbons (Fsp3) is 0.308. The minimum Gasteiger partial charge on any atom is -0.489 e. The molecule has 0 saturated heterocycles. The molecular formula is C26H24F3N5O4. The number of carbonyl (C=O) groups excluding carboxylic acids is 2. The highest BCUT2D eigenvalue weighted by Gasteiger charge is 2.33. The summed E-state index contributed by atoms with van der Waals surface area (Å²) in [7, 11) is 1.54. The summed E-state index contributed by atoms with van der Waals surface area (Å²) in [4.78, 5) is 30.8. The maximum absolute atomic E-state index is 13.1. The second-order valence-electron chi connectivity index (χ2n) is 9.18. The lowest BCUT2D eigenvalue weighted by molar-refractivity contribution is -0.141. The van der Waals surface area contributed by atoms with E-state index in [1.807, 2.05) is 0 Å². The summed E-state index contributed by atoms with van der Waals surface area (Å²) in [6.07, 6.45) is -1.85. The number of hydrogen-bond donors (Lipinski definition) is 2. The van der Waals surface area contributed by atoms with E-state index in [1.165, 1.54) is 36.5 Å². The number of rotatable bonds is 3. The van der Waals surface area contributed by atoms with E-state index in [-0.39, 0.29) is 18.7 Å². The van der Waals surface area contributed by atoms with Crippen LogP contribution in [0.2, 0.25) is 0 Å². The maximum Gasteiger partial charge on any atom is 0.433 e. The molecule has 1 atom stereocenters. The molecule has 2 amide bonds. The van der Waals surface area contributed by atoms with Gasteiger partial charge in [-0.1, -0.05) is 17.9 Å². The van der Waals surface area contributed by atoms with E-state index in [0.717, 1.165) is 10.7 Å². The van der Waals surface area contributed by atoms with Gasteiger partial charge in [-0.15, -0.1) is 0 Å². The predicted molar refractivity (Wildman–Crippen MR) is 131 cm³/mol. The van der Waals surface area contributed by atoms with Gasteiger partial charge in [0.1, 0.15) is 29.7 Å². The van der Waals surface area contributed by atoms with Crippen molar-refractivity contribution in [3.63, 3.8) is 0 Å². The number of nitrogens with one attached hydrogen (secondary N) is 1. The summed E-state index contributed by atoms with van der Waals surface area (Å²) in [5.41, 5.74) is -0.553. The summed E-state index contributed by atoms with van der Waals surface area (Å²) in [5.74, 6) is 5.54. The average Bonchev–Trinajstić information content (AvgIpc) is 3.28. The monoisotopic (exact) mass is 527 g/mol. The highest BCUT2D eigenvalue weighted by atomic mass is 19.4. The molecular weight excluding hydrogens is 503 g/mol. The lowest BCUT2D eigenvalue weighted by Gasteiger charge is -2.20. The number of aromatic nitrogens is 3. The van der Waals surface area contributed by atoms with Crippen LogP contribution in [0.1, 0.15) is 36.4 Å². The molecule has 0 spiro atoms. The van der Waals surface area contributed by atoms with Crippen LogP contribution < -0.4 is 15.0 Å². The van der Waals surface area contributed by atoms with Crippen molar-refractivity contribution in [3.05, 3.63) is 71.3 Å². The Morgan fingerprint density at radius 2 is 2.03 bits per heavy atom. The van der Waals surface area contributed by atoms with Crippen LogP contribution in [-0.4, -0.2) is 57.1 Å². The second kappa shape index (κ2) is 10.2. The first-order valence-corrected chi connectivity index (χ1v) is 11.5. The fourth-order valence-electron chi connectivity index (χ4n) is 3.63. The molecule has 3 aromatic rings. The van der Waals surface area contributed by atoms with Crippen molar-refractivity contribution in [1.29, 1.82) is 0 Å². The van der Waals surface area contributed by atoms with Gasteiger partial charge in [0.05, 0.1) is 11.9 Å². The van der Waals surface area contributed by atoms with Crippen LogP contribution in [0.25, 0.3) is 0 Å². The van der Waals surface area contributed by atoms with Crippen molar-refractivity contribution in [1.82, 2.24) is 20.1 Å². The van der Waals surface area contributed by atoms with Gasteiger partial charge >= 0.3 is 12.2 Å². The highest BCUT2D eigenvalue weighted by Crippen LogP contribution is 2.31. The number of benzene rings is 1. The van der Waals surface area contributed by atoms with Gasteiger partial charge in [0.2, 0.25) is 0 Å². The molecule has 1 aliphatic rings. The van der Waals surface area contributed by atoms with E-state index in [0.29, 0.717) is 22.6 Å². The van der Waals surface area contributed by atoms with Crippen LogP contribution in [0.15, 0.2) is 48.8 Å². The Morgan fingerprint density at radius 3 is 2.74 bits per heavy atom. The van der Waals surface area contributed by atoms with Crippen molar-refractivity contribution in [2.45, 2.75) is 38.1 Å². The van der Waals surface area contributed by atoms with Crippen molar-refractivity contribution >= 4 is 17.6 Å². The predicted octanol–water partition coefficient (Wildman–Crippen LogP) is 2.99. The molecule has 1 aliphatic heterocycles. The summed E-state index contributed by atoms with van der Waals surface area (Å²) >= 11 is 0. The minimum absolute atomic E-state index is 0.0272. The number of alkyl halides is 3. The topological polar surface area (TPSA) is 110 Å². The lowest BCUT2D eigenvalue weighted by atomic mass is 10.1. The Labute approximate surface area is 216 Å². The van der Waals surface area contributed by atoms with Crippen LogP contribution >= 0.6 is 0 Å². The molecule has 1 unspecified atom stereocenters. The Kier molecular flexibility index (Phi) is 7.15. The summed E-state index contributed by atoms with van der Waals surface area (Å²) in [5, 5.41) is 16.4. The Hall–Kier alpha value is -4.37. The number of carbonyl (C=O) groups is 2. The number of ether oxygens (including phenoxy) is 1. The summed E-state index contributed by atoms with van der Waals surface area (Å²) in [6, 6.07) is 6.83. The van der Waals surface area contributed by atoms with Crippen LogP contribution in [0, 0.1) is 11.8 Å². The van der Waals surface area contributed by atoms with Gasteiger partial charge in [-0.25, -0.2) is 9.78 Å². The number of amides is 2. The van der Waals surface area contributed by atoms with Gasteiger partial charge in [0.25, 0.3) is 5.91 Å². The van der Waals surface area contributed by atoms with Crippen molar-refractivity contribution in [2.75, 3.05) is 18.6 Å². The average molecular weight is 528 g/mol. The van der Waals surface area contributed by atoms with Crippen molar-refractivity contribution in [2.24, 2.45) is 0 Å². The highest BCUT2D eigenvalue weighted by molar-refractivity contribution is 6.00. The molecule has 0 saturated carbocycles. The molecule has 198 valence electrons. The Morgan fingerprint density at radius 1 is 1.26 bits per heavy atom. The summed E-state index contributed by atoms with van der Waals surface area (Å²) < 4.78 is 45.5. The van der Waals surface area contributed by atoms with Gasteiger partial charge in [0, 0.05) is 30.9 Å². The zero-order chi connectivity index (χ0) is 27.7. The lowest BCUT2D eigenvalue weighted by Crippen LogP contribution is -2.50. The van der Waals surface area contributed by atoms with E-state index < -0.39 is 35.5 Å². The second-order valence-corrected chi connectivity index (χ2v) is 9.18. The molecule has 2 aromatic heterocycles. The molecule has 2 N–H and O–H groups in total. The molecule has 0 aliphatic carbocycles. The van der Waals surface area contributed by atoms with Crippen LogP contribution in [0.3, 0.4) is 0 Å². The Bertz CT molecular complexity index is 1430. The number of halogens is 3. The first-order chi connectivity index (χ1) is 17.8. The van der Waals surface area contributed by atoms with Gasteiger partial charge in [0.15, 0.2) is 0 Å². The normalized spacial score (nSPS) is 15.6. The Balaban J connectivity index is 1.45. The maximum atomic E-state index is 13.1. The third-order valence-corrected chi connectivity index (χ3v) is 5.49. The smallest absolute Gasteiger partial charge is 0.433 e. The van der Waals surface area contributed by atoms with E-state index in [9.17, 15) is 27.9 Å². The van der Waals surface area contributed by atoms with Gasteiger partial charge in [-0.05, 0) is 49.7 Å². The molecule has 4 rings (SSSR count). The molecule has 0 bridgehead atoms. The largest absolute Gasteiger partial charge is 0.489 e. The third-order valence-electron chi connectivity index (χ3n) is 5.49. The molecule has 1 aromatic carbocycles. The quantitative estimate of drug-likeness (QED) is 0.507. The first-order valence-electron chi connectivity index (χ1n) is 11.5. The van der Waals surface area contributed by atoms with Gasteiger partial charge in [-0.2, -0.15) is 23.0 Å². The van der Waals surface area contributed by atoms with Gasteiger partial charge < -0.3 is 20.1 Å². The SMILES string of the molecule is CN1C(=O)C(NC(=O)n2cc(Cc3cccc(C(F)(F)F)n3)cn2)COc2ccc(C#CC(C)(C)O)cc21. The van der Waals surface area contributed by atoms with Crippen molar-refractivity contribution < 1.29 is 32.6 Å². The van der Waals surface area contributed by atoms with E-state index in [4.69, 9.17) is 4.74 Å². The van der Waals surface area contributed by atoms with Crippen molar-refractivity contribution in [3.8, 4) is 17.6 Å². The van der Waals surface area contributed by atoms with E-state index in [1.54, 1.807) is 32.0 Å². The molecule has 0 fully saturated rings. The van der Waals surface area contributed by atoms with E-state index in [2.05, 4.69) is 27.2 Å². The molecule has 12 heteroatoms. The standard InChI is InChI=1S/C26H24F3N5O4/c1-25(2,37)10-9-16-7-8-21-20(12-16)33(3)23(35)19(15-38-21)32-24(36)34-14-17(13-30-34)11-18-5-4-6-22(31-18)26(27,28)29/h4-8,12-14,19,37H,11,15H2,1-3H3,(H,32,36). The van der Waals surface area contributed by atoms with Crippen LogP contribution in [0.5, 0.6) is 5.75 Å². The van der Waals surface area contributed by atoms with Crippen LogP contribution in [0.4, 0.5) is 23.7 Å². The number of fused-ring (bicyclic) bond motifs is 1. The molecule has 38 heavy (non-hydrogen) atoms. The van der Waals surface area contributed by atoms with E-state index >= 15 is 0 Å². The fourth-order valence-corrected chi connectivity index (χ4v) is 3.63. The number of pyridine rings is 1. The summed E-state index contributed by atoms with van der Waals surface area (Å²) in [6.45, 7) is 2.97.